The number of hydrogen-bond acceptors (Lipinski definition) is 1. The second-order valence-electron chi connectivity index (χ2n) is 3.82. The summed E-state index contributed by atoms with van der Waals surface area (Å²) in [7, 11) is 0. The molecule has 2 nitrogen and oxygen atoms in total. The van der Waals surface area contributed by atoms with Crippen molar-refractivity contribution in [2.45, 2.75) is 19.9 Å². The van der Waals surface area contributed by atoms with Gasteiger partial charge in [0.25, 0.3) is 0 Å². The lowest BCUT2D eigenvalue weighted by atomic mass is 10.1. The first kappa shape index (κ1) is 9.44. The molecule has 0 spiro atoms. The maximum Gasteiger partial charge on any atom is 0.139 e. The van der Waals surface area contributed by atoms with Gasteiger partial charge in [-0.15, -0.1) is 0 Å². The number of fused-ring (bicyclic) bond motifs is 1. The van der Waals surface area contributed by atoms with Crippen LogP contribution >= 0.6 is 0 Å². The molecule has 14 heavy (non-hydrogen) atoms. The molecule has 1 aromatic rings. The van der Waals surface area contributed by atoms with Crippen molar-refractivity contribution in [3.8, 4) is 0 Å². The van der Waals surface area contributed by atoms with Gasteiger partial charge in [-0.1, -0.05) is 24.3 Å². The molecule has 1 aliphatic rings. The van der Waals surface area contributed by atoms with Gasteiger partial charge in [-0.25, -0.2) is 5.21 Å². The van der Waals surface area contributed by atoms with Crippen molar-refractivity contribution in [3.05, 3.63) is 47.7 Å². The number of nitrogens with zero attached hydrogens (tertiary/aromatic N) is 1. The van der Waals surface area contributed by atoms with E-state index in [1.807, 2.05) is 19.2 Å². The maximum absolute atomic E-state index is 10.2. The van der Waals surface area contributed by atoms with Gasteiger partial charge in [-0.2, -0.15) is 4.65 Å². The second-order valence-corrected chi connectivity index (χ2v) is 3.82. The lowest BCUT2D eigenvalue weighted by Crippen LogP contribution is -2.37. The highest BCUT2D eigenvalue weighted by molar-refractivity contribution is 5.29. The van der Waals surface area contributed by atoms with Crippen LogP contribution in [0.15, 0.2) is 36.5 Å². The van der Waals surface area contributed by atoms with E-state index in [1.54, 1.807) is 0 Å². The van der Waals surface area contributed by atoms with Crippen molar-refractivity contribution in [3.63, 3.8) is 0 Å². The molecule has 0 saturated heterocycles. The monoisotopic (exact) mass is 190 g/mol. The van der Waals surface area contributed by atoms with Crippen molar-refractivity contribution in [2.75, 3.05) is 6.54 Å². The normalized spacial score (nSPS) is 25.6. The highest BCUT2D eigenvalue weighted by Crippen LogP contribution is 2.20. The van der Waals surface area contributed by atoms with E-state index < -0.39 is 0 Å². The topological polar surface area (TPSA) is 20.2 Å². The Bertz CT molecular complexity index is 359. The summed E-state index contributed by atoms with van der Waals surface area (Å²) in [5, 5.41) is 10.2. The van der Waals surface area contributed by atoms with Gasteiger partial charge in [0.1, 0.15) is 19.3 Å². The van der Waals surface area contributed by atoms with Crippen LogP contribution in [0, 0.1) is 0 Å². The molecule has 0 aromatic heterocycles. The average molecular weight is 190 g/mol. The molecule has 0 radical (unpaired) electrons. The predicted molar refractivity (Wildman–Crippen MR) is 55.6 cm³/mol. The average Bonchev–Trinajstić information content (AvgIpc) is 2.37. The minimum absolute atomic E-state index is 0.0248. The summed E-state index contributed by atoms with van der Waals surface area (Å²) in [5.41, 5.74) is 2.58. The Morgan fingerprint density at radius 2 is 2.00 bits per heavy atom. The van der Waals surface area contributed by atoms with E-state index in [2.05, 4.69) is 24.3 Å². The van der Waals surface area contributed by atoms with Crippen molar-refractivity contribution < 1.29 is 9.85 Å². The third kappa shape index (κ3) is 1.72. The molecule has 1 unspecified atom stereocenters. The first-order valence-electron chi connectivity index (χ1n) is 5.07. The zero-order valence-electron chi connectivity index (χ0n) is 8.48. The van der Waals surface area contributed by atoms with Crippen LogP contribution in [-0.2, 0) is 13.0 Å². The summed E-state index contributed by atoms with van der Waals surface area (Å²) in [6.07, 6.45) is 4.87. The second kappa shape index (κ2) is 3.56. The number of allylic oxidation sites excluding steroid dienone is 1. The third-order valence-electron chi connectivity index (χ3n) is 2.83. The van der Waals surface area contributed by atoms with Crippen molar-refractivity contribution >= 4 is 0 Å². The standard InChI is InChI=1S/C12H16NO/c1-2-13(14)9-5-8-11-6-3-4-7-12(11)10-13/h3-7,9,14H,2,8,10H2,1H3/q+1. The fourth-order valence-electron chi connectivity index (χ4n) is 1.85. The van der Waals surface area contributed by atoms with Crippen LogP contribution in [0.4, 0.5) is 0 Å². The highest BCUT2D eigenvalue weighted by atomic mass is 16.5. The third-order valence-corrected chi connectivity index (χ3v) is 2.83. The highest BCUT2D eigenvalue weighted by Gasteiger charge is 2.23. The number of rotatable bonds is 1. The zero-order valence-corrected chi connectivity index (χ0v) is 8.48. The minimum atomic E-state index is 0.0248. The largest absolute Gasteiger partial charge is 0.212 e. The van der Waals surface area contributed by atoms with E-state index in [0.29, 0.717) is 13.1 Å². The van der Waals surface area contributed by atoms with Gasteiger partial charge in [0.2, 0.25) is 0 Å². The van der Waals surface area contributed by atoms with E-state index in [4.69, 9.17) is 0 Å². The number of hydroxylamine groups is 3. The molecule has 1 aliphatic heterocycles. The molecule has 1 aromatic carbocycles. The van der Waals surface area contributed by atoms with E-state index >= 15 is 0 Å². The number of quaternary nitrogens is 1. The molecule has 0 saturated carbocycles. The molecule has 74 valence electrons. The lowest BCUT2D eigenvalue weighted by molar-refractivity contribution is -1.07. The lowest BCUT2D eigenvalue weighted by Gasteiger charge is -2.23. The van der Waals surface area contributed by atoms with Crippen LogP contribution in [0.25, 0.3) is 0 Å². The molecule has 0 bridgehead atoms. The van der Waals surface area contributed by atoms with Gasteiger partial charge in [-0.3, -0.25) is 0 Å². The van der Waals surface area contributed by atoms with Crippen LogP contribution in [0.2, 0.25) is 0 Å². The molecule has 2 rings (SSSR count). The van der Waals surface area contributed by atoms with Crippen molar-refractivity contribution in [2.24, 2.45) is 0 Å². The number of hydrogen-bond donors (Lipinski definition) is 1. The van der Waals surface area contributed by atoms with E-state index in [-0.39, 0.29) is 4.65 Å². The summed E-state index contributed by atoms with van der Waals surface area (Å²) >= 11 is 0. The SMILES string of the molecule is CC[N+]1(O)C=CCc2ccccc2C1. The Morgan fingerprint density at radius 1 is 1.29 bits per heavy atom. The molecule has 1 heterocycles. The van der Waals surface area contributed by atoms with Crippen LogP contribution < -0.4 is 0 Å². The van der Waals surface area contributed by atoms with Gasteiger partial charge in [0.05, 0.1) is 0 Å². The summed E-state index contributed by atoms with van der Waals surface area (Å²) in [5.74, 6) is 0. The Hall–Kier alpha value is -1.12. The van der Waals surface area contributed by atoms with Crippen LogP contribution in [0.3, 0.4) is 0 Å². The zero-order chi connectivity index (χ0) is 10.0. The summed E-state index contributed by atoms with van der Waals surface area (Å²) in [6.45, 7) is 3.40. The van der Waals surface area contributed by atoms with E-state index in [9.17, 15) is 5.21 Å². The molecule has 0 fully saturated rings. The van der Waals surface area contributed by atoms with Crippen LogP contribution in [0.5, 0.6) is 0 Å². The van der Waals surface area contributed by atoms with Gasteiger partial charge in [0, 0.05) is 5.56 Å². The summed E-state index contributed by atoms with van der Waals surface area (Å²) in [6, 6.07) is 8.31. The van der Waals surface area contributed by atoms with Gasteiger partial charge >= 0.3 is 0 Å². The Labute approximate surface area is 84.6 Å². The summed E-state index contributed by atoms with van der Waals surface area (Å²) in [4.78, 5) is 0. The van der Waals surface area contributed by atoms with Crippen molar-refractivity contribution in [1.82, 2.24) is 0 Å². The molecule has 2 heteroatoms. The van der Waals surface area contributed by atoms with Crippen molar-refractivity contribution in [1.29, 1.82) is 0 Å². The Balaban J connectivity index is 2.38. The van der Waals surface area contributed by atoms with Crippen LogP contribution in [-0.4, -0.2) is 16.4 Å². The molecule has 1 N–H and O–H groups in total. The van der Waals surface area contributed by atoms with Gasteiger partial charge in [0.15, 0.2) is 0 Å². The van der Waals surface area contributed by atoms with Crippen LogP contribution in [0.1, 0.15) is 18.1 Å². The summed E-state index contributed by atoms with van der Waals surface area (Å²) < 4.78 is 0.0248. The van der Waals surface area contributed by atoms with E-state index in [1.165, 1.54) is 11.1 Å². The quantitative estimate of drug-likeness (QED) is 0.674. The maximum atomic E-state index is 10.2. The number of benzene rings is 1. The first-order valence-corrected chi connectivity index (χ1v) is 5.07. The molecule has 1 atom stereocenters. The Kier molecular flexibility index (Phi) is 2.40. The molecule has 0 amide bonds. The predicted octanol–water partition coefficient (Wildman–Crippen LogP) is 2.48. The first-order chi connectivity index (χ1) is 6.73. The fourth-order valence-corrected chi connectivity index (χ4v) is 1.85. The van der Waals surface area contributed by atoms with Gasteiger partial charge < -0.3 is 0 Å². The minimum Gasteiger partial charge on any atom is -0.212 e. The van der Waals surface area contributed by atoms with Gasteiger partial charge in [-0.05, 0) is 25.0 Å². The fraction of sp³-hybridized carbons (Fsp3) is 0.333. The Morgan fingerprint density at radius 3 is 2.71 bits per heavy atom. The molecular weight excluding hydrogens is 174 g/mol. The molecule has 0 aliphatic carbocycles. The molecular formula is C12H16NO+. The van der Waals surface area contributed by atoms with E-state index in [0.717, 1.165) is 6.42 Å². The smallest absolute Gasteiger partial charge is 0.139 e.